The molecule has 20 heavy (non-hydrogen) atoms. The Hall–Kier alpha value is -0.960. The molecule has 1 heterocycles. The highest BCUT2D eigenvalue weighted by Crippen LogP contribution is 2.23. The number of hydrogen-bond acceptors (Lipinski definition) is 5. The van der Waals surface area contributed by atoms with Crippen molar-refractivity contribution in [3.63, 3.8) is 0 Å². The lowest BCUT2D eigenvalue weighted by atomic mass is 10.4. The van der Waals surface area contributed by atoms with Crippen molar-refractivity contribution in [1.82, 2.24) is 14.1 Å². The molecule has 7 nitrogen and oxygen atoms in total. The van der Waals surface area contributed by atoms with E-state index in [1.54, 1.807) is 32.7 Å². The highest BCUT2D eigenvalue weighted by molar-refractivity contribution is 7.89. The lowest BCUT2D eigenvalue weighted by Crippen LogP contribution is -2.36. The first-order valence-corrected chi connectivity index (χ1v) is 7.99. The van der Waals surface area contributed by atoms with Crippen LogP contribution in [0.25, 0.3) is 0 Å². The molecule has 116 valence electrons. The van der Waals surface area contributed by atoms with Gasteiger partial charge in [-0.05, 0) is 26.8 Å². The van der Waals surface area contributed by atoms with E-state index < -0.39 is 10.0 Å². The van der Waals surface area contributed by atoms with E-state index in [0.29, 0.717) is 44.0 Å². The first-order chi connectivity index (χ1) is 9.36. The maximum Gasteiger partial charge on any atom is 0.246 e. The van der Waals surface area contributed by atoms with E-state index in [4.69, 9.17) is 10.5 Å². The summed E-state index contributed by atoms with van der Waals surface area (Å²) in [6.45, 7) is 4.95. The largest absolute Gasteiger partial charge is 0.383 e. The van der Waals surface area contributed by atoms with Crippen molar-refractivity contribution in [3.05, 3.63) is 11.4 Å². The van der Waals surface area contributed by atoms with E-state index >= 15 is 0 Å². The van der Waals surface area contributed by atoms with Gasteiger partial charge in [-0.2, -0.15) is 9.40 Å². The van der Waals surface area contributed by atoms with E-state index in [0.717, 1.165) is 0 Å². The van der Waals surface area contributed by atoms with Crippen LogP contribution >= 0.6 is 0 Å². The predicted octanol–water partition coefficient (Wildman–Crippen LogP) is 0.0228. The summed E-state index contributed by atoms with van der Waals surface area (Å²) in [5.41, 5.74) is 6.63. The summed E-state index contributed by atoms with van der Waals surface area (Å²) in [5, 5.41) is 4.17. The minimum Gasteiger partial charge on any atom is -0.383 e. The summed E-state index contributed by atoms with van der Waals surface area (Å²) in [5.74, 6) is 0. The van der Waals surface area contributed by atoms with Gasteiger partial charge in [0.1, 0.15) is 4.90 Å². The zero-order valence-electron chi connectivity index (χ0n) is 12.6. The Bertz CT molecular complexity index is 531. The van der Waals surface area contributed by atoms with Crippen LogP contribution in [0.15, 0.2) is 4.90 Å². The smallest absolute Gasteiger partial charge is 0.246 e. The van der Waals surface area contributed by atoms with Crippen LogP contribution in [0.3, 0.4) is 0 Å². The minimum atomic E-state index is -3.57. The molecule has 1 rings (SSSR count). The van der Waals surface area contributed by atoms with Gasteiger partial charge in [-0.1, -0.05) is 0 Å². The van der Waals surface area contributed by atoms with Gasteiger partial charge >= 0.3 is 0 Å². The third-order valence-corrected chi connectivity index (χ3v) is 5.35. The van der Waals surface area contributed by atoms with E-state index in [1.807, 2.05) is 0 Å². The van der Waals surface area contributed by atoms with Crippen LogP contribution in [0.5, 0.6) is 0 Å². The predicted molar refractivity (Wildman–Crippen MR) is 77.0 cm³/mol. The van der Waals surface area contributed by atoms with Crippen molar-refractivity contribution in [2.75, 3.05) is 33.4 Å². The molecular formula is C12H24N4O3S. The molecule has 0 saturated heterocycles. The van der Waals surface area contributed by atoms with Crippen molar-refractivity contribution in [2.45, 2.75) is 25.2 Å². The summed E-state index contributed by atoms with van der Waals surface area (Å²) in [6.07, 6.45) is 0.612. The third kappa shape index (κ3) is 3.57. The van der Waals surface area contributed by atoms with Gasteiger partial charge in [0.05, 0.1) is 18.0 Å². The Kier molecular flexibility index (Phi) is 6.12. The molecule has 0 atom stereocenters. The van der Waals surface area contributed by atoms with Gasteiger partial charge < -0.3 is 10.5 Å². The normalized spacial score (nSPS) is 12.3. The van der Waals surface area contributed by atoms with Crippen molar-refractivity contribution >= 4 is 10.0 Å². The molecule has 0 aliphatic rings. The molecule has 1 aromatic rings. The average molecular weight is 304 g/mol. The molecule has 8 heteroatoms. The SMILES string of the molecule is COCCN(CCCN)S(=O)(=O)c1c(C)nn(C)c1C. The number of sulfonamides is 1. The van der Waals surface area contributed by atoms with Gasteiger partial charge in [0.15, 0.2) is 0 Å². The molecule has 0 unspecified atom stereocenters. The van der Waals surface area contributed by atoms with Crippen LogP contribution in [0.1, 0.15) is 17.8 Å². The van der Waals surface area contributed by atoms with Crippen LogP contribution in [0.2, 0.25) is 0 Å². The Morgan fingerprint density at radius 3 is 2.45 bits per heavy atom. The zero-order chi connectivity index (χ0) is 15.3. The number of aryl methyl sites for hydroxylation is 2. The van der Waals surface area contributed by atoms with Crippen molar-refractivity contribution in [3.8, 4) is 0 Å². The molecule has 1 aromatic heterocycles. The highest BCUT2D eigenvalue weighted by Gasteiger charge is 2.29. The average Bonchev–Trinajstić information content (AvgIpc) is 2.63. The zero-order valence-corrected chi connectivity index (χ0v) is 13.4. The van der Waals surface area contributed by atoms with Gasteiger partial charge in [-0.3, -0.25) is 4.68 Å². The summed E-state index contributed by atoms with van der Waals surface area (Å²) >= 11 is 0. The minimum absolute atomic E-state index is 0.285. The molecule has 0 saturated carbocycles. The standard InChI is InChI=1S/C12H24N4O3S/c1-10-12(11(2)15(3)14-10)20(17,18)16(7-5-6-13)8-9-19-4/h5-9,13H2,1-4H3. The maximum atomic E-state index is 12.8. The fourth-order valence-electron chi connectivity index (χ4n) is 2.07. The Labute approximate surface area is 120 Å². The van der Waals surface area contributed by atoms with Gasteiger partial charge in [-0.25, -0.2) is 8.42 Å². The number of nitrogens with zero attached hydrogens (tertiary/aromatic N) is 3. The van der Waals surface area contributed by atoms with Gasteiger partial charge in [0.25, 0.3) is 0 Å². The lowest BCUT2D eigenvalue weighted by molar-refractivity contribution is 0.178. The molecule has 0 fully saturated rings. The third-order valence-electron chi connectivity index (χ3n) is 3.20. The molecule has 0 radical (unpaired) electrons. The van der Waals surface area contributed by atoms with Crippen LogP contribution in [0, 0.1) is 13.8 Å². The van der Waals surface area contributed by atoms with Crippen molar-refractivity contribution in [1.29, 1.82) is 0 Å². The second-order valence-corrected chi connectivity index (χ2v) is 6.54. The quantitative estimate of drug-likeness (QED) is 0.731. The second kappa shape index (κ2) is 7.16. The van der Waals surface area contributed by atoms with E-state index in [2.05, 4.69) is 5.10 Å². The number of nitrogens with two attached hydrogens (primary N) is 1. The molecule has 0 amide bonds. The Morgan fingerprint density at radius 1 is 1.35 bits per heavy atom. The molecule has 0 bridgehead atoms. The molecule has 0 spiro atoms. The first-order valence-electron chi connectivity index (χ1n) is 6.55. The summed E-state index contributed by atoms with van der Waals surface area (Å²) < 4.78 is 33.5. The summed E-state index contributed by atoms with van der Waals surface area (Å²) in [7, 11) is -0.285. The number of ether oxygens (including phenoxy) is 1. The van der Waals surface area contributed by atoms with Gasteiger partial charge in [-0.15, -0.1) is 0 Å². The molecular weight excluding hydrogens is 280 g/mol. The number of hydrogen-bond donors (Lipinski definition) is 1. The molecule has 0 aliphatic heterocycles. The first kappa shape index (κ1) is 17.1. The number of rotatable bonds is 8. The van der Waals surface area contributed by atoms with Gasteiger partial charge in [0, 0.05) is 27.2 Å². The molecule has 0 aliphatic carbocycles. The Balaban J connectivity index is 3.14. The molecule has 0 aromatic carbocycles. The number of methoxy groups -OCH3 is 1. The van der Waals surface area contributed by atoms with E-state index in [9.17, 15) is 8.42 Å². The topological polar surface area (TPSA) is 90.4 Å². The Morgan fingerprint density at radius 2 is 2.00 bits per heavy atom. The van der Waals surface area contributed by atoms with Crippen LogP contribution in [-0.4, -0.2) is 55.9 Å². The van der Waals surface area contributed by atoms with E-state index in [1.165, 1.54) is 4.31 Å². The maximum absolute atomic E-state index is 12.8. The lowest BCUT2D eigenvalue weighted by Gasteiger charge is -2.21. The monoisotopic (exact) mass is 304 g/mol. The van der Waals surface area contributed by atoms with Crippen LogP contribution in [0.4, 0.5) is 0 Å². The summed E-state index contributed by atoms with van der Waals surface area (Å²) in [6, 6.07) is 0. The fourth-order valence-corrected chi connectivity index (χ4v) is 3.93. The van der Waals surface area contributed by atoms with E-state index in [-0.39, 0.29) is 4.90 Å². The fraction of sp³-hybridized carbons (Fsp3) is 0.750. The summed E-state index contributed by atoms with van der Waals surface area (Å²) in [4.78, 5) is 0.285. The van der Waals surface area contributed by atoms with Gasteiger partial charge in [0.2, 0.25) is 10.0 Å². The molecule has 2 N–H and O–H groups in total. The van der Waals surface area contributed by atoms with Crippen molar-refractivity contribution < 1.29 is 13.2 Å². The highest BCUT2D eigenvalue weighted by atomic mass is 32.2. The number of aromatic nitrogens is 2. The van der Waals surface area contributed by atoms with Crippen LogP contribution < -0.4 is 5.73 Å². The second-order valence-electron chi connectivity index (χ2n) is 4.66. The van der Waals surface area contributed by atoms with Crippen LogP contribution in [-0.2, 0) is 21.8 Å². The van der Waals surface area contributed by atoms with Crippen molar-refractivity contribution in [2.24, 2.45) is 12.8 Å².